The van der Waals surface area contributed by atoms with E-state index in [1.54, 1.807) is 30.3 Å². The zero-order chi connectivity index (χ0) is 17.6. The number of aromatic amines is 1. The summed E-state index contributed by atoms with van der Waals surface area (Å²) in [6, 6.07) is 17.1. The van der Waals surface area contributed by atoms with Crippen molar-refractivity contribution in [1.29, 1.82) is 0 Å². The van der Waals surface area contributed by atoms with Crippen molar-refractivity contribution in [2.75, 3.05) is 0 Å². The summed E-state index contributed by atoms with van der Waals surface area (Å²) >= 11 is 0. The van der Waals surface area contributed by atoms with Crippen LogP contribution in [-0.2, 0) is 0 Å². The second-order valence-electron chi connectivity index (χ2n) is 5.11. The highest BCUT2D eigenvalue weighted by Gasteiger charge is 2.10. The van der Waals surface area contributed by atoms with Crippen molar-refractivity contribution in [2.24, 2.45) is 5.10 Å². The van der Waals surface area contributed by atoms with Crippen molar-refractivity contribution in [3.8, 4) is 17.0 Å². The molecule has 0 fully saturated rings. The highest BCUT2D eigenvalue weighted by molar-refractivity contribution is 5.94. The fourth-order valence-electron chi connectivity index (χ4n) is 2.15. The van der Waals surface area contributed by atoms with Crippen molar-refractivity contribution in [2.45, 2.75) is 0 Å². The van der Waals surface area contributed by atoms with E-state index in [2.05, 4.69) is 20.5 Å². The molecule has 2 aromatic carbocycles. The molecule has 3 N–H and O–H groups in total. The zero-order valence-corrected chi connectivity index (χ0v) is 13.0. The maximum Gasteiger partial charge on any atom is 0.346 e. The first-order valence-corrected chi connectivity index (χ1v) is 7.41. The van der Waals surface area contributed by atoms with Gasteiger partial charge in [-0.15, -0.1) is 0 Å². The molecule has 25 heavy (non-hydrogen) atoms. The molecule has 0 aliphatic carbocycles. The molecular weight excluding hydrogens is 320 g/mol. The molecule has 1 aromatic heterocycles. The number of hydrogen-bond acceptors (Lipinski definition) is 5. The number of hydrazone groups is 1. The second kappa shape index (κ2) is 7.22. The molecular formula is C18H14N4O3. The molecule has 3 rings (SSSR count). The lowest BCUT2D eigenvalue weighted by Gasteiger charge is -2.03. The van der Waals surface area contributed by atoms with Gasteiger partial charge in [-0.05, 0) is 18.2 Å². The Morgan fingerprint density at radius 3 is 2.60 bits per heavy atom. The first-order valence-electron chi connectivity index (χ1n) is 7.41. The summed E-state index contributed by atoms with van der Waals surface area (Å²) in [6.45, 7) is 0. The zero-order valence-electron chi connectivity index (χ0n) is 13.0. The van der Waals surface area contributed by atoms with E-state index in [9.17, 15) is 14.7 Å². The number of amides is 1. The number of para-hydroxylation sites is 1. The molecule has 0 radical (unpaired) electrons. The van der Waals surface area contributed by atoms with Crippen molar-refractivity contribution in [3.63, 3.8) is 0 Å². The smallest absolute Gasteiger partial charge is 0.346 e. The fraction of sp³-hybridized carbons (Fsp3) is 0. The summed E-state index contributed by atoms with van der Waals surface area (Å²) in [6.07, 6.45) is 1.31. The van der Waals surface area contributed by atoms with Crippen LogP contribution in [-0.4, -0.2) is 27.2 Å². The predicted molar refractivity (Wildman–Crippen MR) is 93.5 cm³/mol. The third-order valence-electron chi connectivity index (χ3n) is 3.37. The largest absolute Gasteiger partial charge is 0.507 e. The second-order valence-corrected chi connectivity index (χ2v) is 5.11. The number of rotatable bonds is 4. The van der Waals surface area contributed by atoms with Crippen LogP contribution in [0.5, 0.6) is 5.75 Å². The monoisotopic (exact) mass is 334 g/mol. The minimum atomic E-state index is -0.629. The van der Waals surface area contributed by atoms with Crippen LogP contribution in [0.2, 0.25) is 0 Å². The summed E-state index contributed by atoms with van der Waals surface area (Å²) in [4.78, 5) is 30.1. The summed E-state index contributed by atoms with van der Waals surface area (Å²) < 4.78 is 0. The van der Waals surface area contributed by atoms with Gasteiger partial charge in [0, 0.05) is 11.1 Å². The van der Waals surface area contributed by atoms with Crippen LogP contribution in [0.25, 0.3) is 11.3 Å². The van der Waals surface area contributed by atoms with Gasteiger partial charge in [0.2, 0.25) is 0 Å². The lowest BCUT2D eigenvalue weighted by atomic mass is 10.1. The number of phenolic OH excluding ortho intramolecular Hbond substituents is 1. The highest BCUT2D eigenvalue weighted by atomic mass is 16.3. The van der Waals surface area contributed by atoms with Crippen LogP contribution >= 0.6 is 0 Å². The number of benzene rings is 2. The Kier molecular flexibility index (Phi) is 4.66. The molecule has 124 valence electrons. The van der Waals surface area contributed by atoms with Gasteiger partial charge in [0.05, 0.1) is 11.9 Å². The normalized spacial score (nSPS) is 10.7. The van der Waals surface area contributed by atoms with E-state index >= 15 is 0 Å². The molecule has 3 aromatic rings. The molecule has 7 nitrogen and oxygen atoms in total. The number of aromatic nitrogens is 2. The molecule has 7 heteroatoms. The molecule has 0 aliphatic heterocycles. The maximum atomic E-state index is 12.2. The van der Waals surface area contributed by atoms with Gasteiger partial charge in [0.15, 0.2) is 0 Å². The van der Waals surface area contributed by atoms with Gasteiger partial charge in [0.1, 0.15) is 11.4 Å². The molecule has 0 spiro atoms. The standard InChI is InChI=1S/C18H14N4O3/c23-16-9-5-4-8-13(16)11-19-22-17(24)15-10-14(20-18(25)21-15)12-6-2-1-3-7-12/h1-11,23H,(H,22,24)(H,20,21,25)/b19-11+. The predicted octanol–water partition coefficient (Wildman–Crippen LogP) is 1.91. The van der Waals surface area contributed by atoms with Gasteiger partial charge < -0.3 is 10.1 Å². The van der Waals surface area contributed by atoms with E-state index in [0.29, 0.717) is 11.3 Å². The fourth-order valence-corrected chi connectivity index (χ4v) is 2.15. The molecule has 0 aliphatic rings. The van der Waals surface area contributed by atoms with Crippen LogP contribution in [0.3, 0.4) is 0 Å². The third-order valence-corrected chi connectivity index (χ3v) is 3.37. The Morgan fingerprint density at radius 2 is 1.84 bits per heavy atom. The number of hydrogen-bond donors (Lipinski definition) is 3. The number of phenols is 1. The molecule has 1 amide bonds. The number of H-pyrrole nitrogens is 1. The number of nitrogens with one attached hydrogen (secondary N) is 2. The SMILES string of the molecule is O=C(N/N=C/c1ccccc1O)c1cc(-c2ccccc2)nc(=O)[nH]1. The summed E-state index contributed by atoms with van der Waals surface area (Å²) in [7, 11) is 0. The van der Waals surface area contributed by atoms with E-state index in [-0.39, 0.29) is 11.4 Å². The molecule has 0 bridgehead atoms. The van der Waals surface area contributed by atoms with E-state index in [1.807, 2.05) is 18.2 Å². The highest BCUT2D eigenvalue weighted by Crippen LogP contribution is 2.15. The topological polar surface area (TPSA) is 107 Å². The van der Waals surface area contributed by atoms with Gasteiger partial charge in [-0.3, -0.25) is 4.79 Å². The Labute approximate surface area is 142 Å². The van der Waals surface area contributed by atoms with E-state index in [0.717, 1.165) is 5.56 Å². The average molecular weight is 334 g/mol. The molecule has 0 saturated carbocycles. The molecule has 0 atom stereocenters. The summed E-state index contributed by atoms with van der Waals surface area (Å²) in [5.41, 5.74) is 3.27. The van der Waals surface area contributed by atoms with Crippen molar-refractivity contribution >= 4 is 12.1 Å². The number of carbonyl (C=O) groups excluding carboxylic acids is 1. The number of carbonyl (C=O) groups is 1. The quantitative estimate of drug-likeness (QED) is 0.500. The van der Waals surface area contributed by atoms with Crippen LogP contribution in [0.1, 0.15) is 16.1 Å². The Morgan fingerprint density at radius 1 is 1.12 bits per heavy atom. The third kappa shape index (κ3) is 3.97. The summed E-state index contributed by atoms with van der Waals surface area (Å²) in [5.74, 6) is -0.549. The molecule has 0 saturated heterocycles. The number of aromatic hydroxyl groups is 1. The average Bonchev–Trinajstić information content (AvgIpc) is 2.63. The Hall–Kier alpha value is -3.74. The van der Waals surface area contributed by atoms with Crippen molar-refractivity contribution in [3.05, 3.63) is 82.4 Å². The first-order chi connectivity index (χ1) is 12.1. The van der Waals surface area contributed by atoms with Gasteiger partial charge in [-0.1, -0.05) is 42.5 Å². The van der Waals surface area contributed by atoms with Gasteiger partial charge in [-0.2, -0.15) is 10.1 Å². The van der Waals surface area contributed by atoms with Gasteiger partial charge >= 0.3 is 5.69 Å². The molecule has 1 heterocycles. The van der Waals surface area contributed by atoms with E-state index in [4.69, 9.17) is 0 Å². The van der Waals surface area contributed by atoms with E-state index < -0.39 is 11.6 Å². The lowest BCUT2D eigenvalue weighted by Crippen LogP contribution is -2.24. The lowest BCUT2D eigenvalue weighted by molar-refractivity contribution is 0.0949. The number of nitrogens with zero attached hydrogens (tertiary/aromatic N) is 2. The molecule has 0 unspecified atom stereocenters. The van der Waals surface area contributed by atoms with Crippen LogP contribution in [0, 0.1) is 0 Å². The minimum absolute atomic E-state index is 0.0355. The maximum absolute atomic E-state index is 12.2. The van der Waals surface area contributed by atoms with Gasteiger partial charge in [0.25, 0.3) is 5.91 Å². The van der Waals surface area contributed by atoms with Gasteiger partial charge in [-0.25, -0.2) is 10.2 Å². The Balaban J connectivity index is 1.80. The summed E-state index contributed by atoms with van der Waals surface area (Å²) in [5, 5.41) is 13.4. The van der Waals surface area contributed by atoms with E-state index in [1.165, 1.54) is 18.3 Å². The Bertz CT molecular complexity index is 981. The minimum Gasteiger partial charge on any atom is -0.507 e. The van der Waals surface area contributed by atoms with Crippen molar-refractivity contribution in [1.82, 2.24) is 15.4 Å². The van der Waals surface area contributed by atoms with Crippen LogP contribution in [0.4, 0.5) is 0 Å². The first kappa shape index (κ1) is 16.1. The van der Waals surface area contributed by atoms with Crippen molar-refractivity contribution < 1.29 is 9.90 Å². The van der Waals surface area contributed by atoms with Crippen LogP contribution in [0.15, 0.2) is 70.6 Å². The van der Waals surface area contributed by atoms with Crippen LogP contribution < -0.4 is 11.1 Å².